The summed E-state index contributed by atoms with van der Waals surface area (Å²) in [5, 5.41) is 0.614. The molecule has 0 fully saturated rings. The van der Waals surface area contributed by atoms with Crippen LogP contribution in [0.1, 0.15) is 5.56 Å². The van der Waals surface area contributed by atoms with Crippen LogP contribution in [0, 0.1) is 0 Å². The highest BCUT2D eigenvalue weighted by molar-refractivity contribution is 9.10. The van der Waals surface area contributed by atoms with Crippen LogP contribution in [-0.4, -0.2) is 4.98 Å². The van der Waals surface area contributed by atoms with Crippen molar-refractivity contribution >= 4 is 39.9 Å². The van der Waals surface area contributed by atoms with Crippen LogP contribution in [0.3, 0.4) is 0 Å². The van der Waals surface area contributed by atoms with Gasteiger partial charge in [0.2, 0.25) is 0 Å². The number of nitrogens with two attached hydrogens (primary N) is 1. The van der Waals surface area contributed by atoms with Gasteiger partial charge in [-0.05, 0) is 27.6 Å². The molecular weight excluding hydrogens is 251 g/mol. The van der Waals surface area contributed by atoms with Crippen molar-refractivity contribution in [2.75, 3.05) is 0 Å². The van der Waals surface area contributed by atoms with Crippen LogP contribution < -0.4 is 5.73 Å². The Kier molecular flexibility index (Phi) is 5.01. The first kappa shape index (κ1) is 11.2. The fourth-order valence-corrected chi connectivity index (χ4v) is 1.17. The Labute approximate surface area is 84.7 Å². The average molecular weight is 258 g/mol. The van der Waals surface area contributed by atoms with E-state index >= 15 is 0 Å². The number of nitrogens with zero attached hydrogens (tertiary/aromatic N) is 1. The van der Waals surface area contributed by atoms with E-state index in [0.29, 0.717) is 11.6 Å². The molecular formula is C6H7BrCl2N2. The zero-order valence-electron chi connectivity index (χ0n) is 5.55. The van der Waals surface area contributed by atoms with Gasteiger partial charge in [0, 0.05) is 12.7 Å². The summed E-state index contributed by atoms with van der Waals surface area (Å²) in [5.74, 6) is 0. The van der Waals surface area contributed by atoms with Crippen molar-refractivity contribution < 1.29 is 0 Å². The van der Waals surface area contributed by atoms with Crippen LogP contribution in [0.25, 0.3) is 0 Å². The largest absolute Gasteiger partial charge is 0.326 e. The normalized spacial score (nSPS) is 9.00. The first-order chi connectivity index (χ1) is 4.74. The molecule has 0 aromatic carbocycles. The molecule has 1 heterocycles. The van der Waals surface area contributed by atoms with Gasteiger partial charge < -0.3 is 5.73 Å². The molecule has 0 aliphatic rings. The minimum atomic E-state index is 0. The van der Waals surface area contributed by atoms with Gasteiger partial charge >= 0.3 is 0 Å². The summed E-state index contributed by atoms with van der Waals surface area (Å²) >= 11 is 8.90. The molecule has 0 bridgehead atoms. The molecule has 0 aliphatic heterocycles. The van der Waals surface area contributed by atoms with Crippen LogP contribution in [0.4, 0.5) is 0 Å². The monoisotopic (exact) mass is 256 g/mol. The third-order valence-corrected chi connectivity index (χ3v) is 2.02. The molecule has 2 nitrogen and oxygen atoms in total. The lowest BCUT2D eigenvalue weighted by Gasteiger charge is -1.98. The smallest absolute Gasteiger partial charge is 0.110 e. The van der Waals surface area contributed by atoms with Crippen LogP contribution in [0.5, 0.6) is 0 Å². The predicted molar refractivity (Wildman–Crippen MR) is 52.1 cm³/mol. The molecule has 1 aromatic rings. The number of halogens is 3. The summed E-state index contributed by atoms with van der Waals surface area (Å²) in [6.45, 7) is 0.453. The van der Waals surface area contributed by atoms with E-state index in [1.165, 1.54) is 0 Å². The van der Waals surface area contributed by atoms with Crippen LogP contribution in [0.15, 0.2) is 16.9 Å². The summed E-state index contributed by atoms with van der Waals surface area (Å²) in [7, 11) is 0. The van der Waals surface area contributed by atoms with Gasteiger partial charge in [-0.3, -0.25) is 0 Å². The molecule has 0 amide bonds. The Morgan fingerprint density at radius 1 is 1.64 bits per heavy atom. The maximum absolute atomic E-state index is 5.66. The van der Waals surface area contributed by atoms with Crippen LogP contribution >= 0.6 is 39.9 Å². The topological polar surface area (TPSA) is 38.9 Å². The molecule has 2 N–H and O–H groups in total. The second kappa shape index (κ2) is 4.93. The van der Waals surface area contributed by atoms with E-state index in [1.807, 2.05) is 0 Å². The molecule has 5 heteroatoms. The summed E-state index contributed by atoms with van der Waals surface area (Å²) in [6, 6.07) is 1.79. The van der Waals surface area contributed by atoms with E-state index in [2.05, 4.69) is 20.9 Å². The fraction of sp³-hybridized carbons (Fsp3) is 0.167. The highest BCUT2D eigenvalue weighted by Gasteiger charge is 1.98. The first-order valence-corrected chi connectivity index (χ1v) is 3.91. The van der Waals surface area contributed by atoms with Gasteiger partial charge in [-0.25, -0.2) is 4.98 Å². The summed E-state index contributed by atoms with van der Waals surface area (Å²) < 4.78 is 0.763. The zero-order valence-corrected chi connectivity index (χ0v) is 8.71. The van der Waals surface area contributed by atoms with Gasteiger partial charge in [0.05, 0.1) is 5.02 Å². The highest BCUT2D eigenvalue weighted by atomic mass is 79.9. The molecule has 11 heavy (non-hydrogen) atoms. The zero-order chi connectivity index (χ0) is 7.56. The maximum atomic E-state index is 5.66. The van der Waals surface area contributed by atoms with Crippen LogP contribution in [-0.2, 0) is 6.54 Å². The predicted octanol–water partition coefficient (Wildman–Crippen LogP) is 2.38. The third kappa shape index (κ3) is 2.95. The Morgan fingerprint density at radius 3 is 2.73 bits per heavy atom. The summed E-state index contributed by atoms with van der Waals surface area (Å²) in [5.41, 5.74) is 6.31. The Bertz CT molecular complexity index is 242. The second-order valence-electron chi connectivity index (χ2n) is 1.81. The Hall–Kier alpha value is 0.170. The molecule has 62 valence electrons. The molecule has 0 unspecified atom stereocenters. The molecule has 0 saturated heterocycles. The lowest BCUT2D eigenvalue weighted by molar-refractivity contribution is 1.03. The number of hydrogen-bond acceptors (Lipinski definition) is 2. The molecule has 0 aliphatic carbocycles. The molecule has 1 aromatic heterocycles. The van der Waals surface area contributed by atoms with Crippen molar-refractivity contribution in [2.45, 2.75) is 6.54 Å². The Balaban J connectivity index is 0.000001000. The average Bonchev–Trinajstić information content (AvgIpc) is 1.94. The van der Waals surface area contributed by atoms with Gasteiger partial charge in [0.15, 0.2) is 0 Å². The molecule has 0 saturated carbocycles. The first-order valence-electron chi connectivity index (χ1n) is 2.74. The van der Waals surface area contributed by atoms with Gasteiger partial charge in [-0.1, -0.05) is 11.6 Å². The van der Waals surface area contributed by atoms with Gasteiger partial charge in [-0.15, -0.1) is 12.4 Å². The number of rotatable bonds is 1. The fourth-order valence-electron chi connectivity index (χ4n) is 0.608. The SMILES string of the molecule is Cl.NCc1cc(Cl)cnc1Br. The number of hydrogen-bond donors (Lipinski definition) is 1. The van der Waals surface area contributed by atoms with E-state index in [1.54, 1.807) is 12.3 Å². The van der Waals surface area contributed by atoms with E-state index in [9.17, 15) is 0 Å². The van der Waals surface area contributed by atoms with Crippen molar-refractivity contribution in [1.29, 1.82) is 0 Å². The van der Waals surface area contributed by atoms with Gasteiger partial charge in [0.25, 0.3) is 0 Å². The van der Waals surface area contributed by atoms with E-state index in [0.717, 1.165) is 10.2 Å². The van der Waals surface area contributed by atoms with E-state index < -0.39 is 0 Å². The summed E-state index contributed by atoms with van der Waals surface area (Å²) in [4.78, 5) is 3.95. The maximum Gasteiger partial charge on any atom is 0.110 e. The quantitative estimate of drug-likeness (QED) is 0.785. The minimum absolute atomic E-state index is 0. The van der Waals surface area contributed by atoms with Crippen molar-refractivity contribution in [3.63, 3.8) is 0 Å². The highest BCUT2D eigenvalue weighted by Crippen LogP contribution is 2.16. The van der Waals surface area contributed by atoms with E-state index in [-0.39, 0.29) is 12.4 Å². The van der Waals surface area contributed by atoms with Crippen molar-refractivity contribution in [3.05, 3.63) is 27.5 Å². The van der Waals surface area contributed by atoms with E-state index in [4.69, 9.17) is 17.3 Å². The van der Waals surface area contributed by atoms with Crippen LogP contribution in [0.2, 0.25) is 5.02 Å². The molecule has 1 rings (SSSR count). The van der Waals surface area contributed by atoms with Crippen molar-refractivity contribution in [2.24, 2.45) is 5.73 Å². The third-order valence-electron chi connectivity index (χ3n) is 1.10. The standard InChI is InChI=1S/C6H6BrClN2.ClH/c7-6-4(2-9)1-5(8)3-10-6;/h1,3H,2,9H2;1H. The van der Waals surface area contributed by atoms with Gasteiger partial charge in [-0.2, -0.15) is 0 Å². The summed E-state index contributed by atoms with van der Waals surface area (Å²) in [6.07, 6.45) is 1.57. The molecule has 0 atom stereocenters. The van der Waals surface area contributed by atoms with Crippen molar-refractivity contribution in [1.82, 2.24) is 4.98 Å². The lowest BCUT2D eigenvalue weighted by Crippen LogP contribution is -1.98. The van der Waals surface area contributed by atoms with Crippen molar-refractivity contribution in [3.8, 4) is 0 Å². The minimum Gasteiger partial charge on any atom is -0.326 e. The lowest BCUT2D eigenvalue weighted by atomic mass is 10.3. The number of aromatic nitrogens is 1. The molecule has 0 radical (unpaired) electrons. The second-order valence-corrected chi connectivity index (χ2v) is 3.00. The molecule has 0 spiro atoms. The Morgan fingerprint density at radius 2 is 2.27 bits per heavy atom. The number of pyridine rings is 1. The van der Waals surface area contributed by atoms with Gasteiger partial charge in [0.1, 0.15) is 4.60 Å².